The number of nitrogens with two attached hydrogens (primary N) is 1. The largest absolute Gasteiger partial charge is 0.469 e. The molecule has 13 heavy (non-hydrogen) atoms. The van der Waals surface area contributed by atoms with E-state index in [9.17, 15) is 4.79 Å². The summed E-state index contributed by atoms with van der Waals surface area (Å²) < 4.78 is 4.59. The Morgan fingerprint density at radius 1 is 1.38 bits per heavy atom. The molecule has 3 nitrogen and oxygen atoms in total. The highest BCUT2D eigenvalue weighted by Crippen LogP contribution is 2.20. The Balaban J connectivity index is 3.75. The molecule has 78 valence electrons. The van der Waals surface area contributed by atoms with Gasteiger partial charge in [0.2, 0.25) is 0 Å². The first kappa shape index (κ1) is 12.4. The van der Waals surface area contributed by atoms with Crippen molar-refractivity contribution in [1.82, 2.24) is 0 Å². The molecule has 0 unspecified atom stereocenters. The summed E-state index contributed by atoms with van der Waals surface area (Å²) in [6.07, 6.45) is 2.40. The number of methoxy groups -OCH3 is 1. The lowest BCUT2D eigenvalue weighted by Gasteiger charge is -2.19. The van der Waals surface area contributed by atoms with E-state index in [0.29, 0.717) is 24.8 Å². The van der Waals surface area contributed by atoms with Crippen molar-refractivity contribution in [2.24, 2.45) is 17.6 Å². The van der Waals surface area contributed by atoms with Gasteiger partial charge in [-0.1, -0.05) is 13.8 Å². The lowest BCUT2D eigenvalue weighted by atomic mass is 9.88. The predicted octanol–water partition coefficient (Wildman–Crippen LogP) is 1.56. The van der Waals surface area contributed by atoms with Crippen molar-refractivity contribution < 1.29 is 9.53 Å². The first-order chi connectivity index (χ1) is 6.11. The summed E-state index contributed by atoms with van der Waals surface area (Å²) in [6.45, 7) is 5.03. The van der Waals surface area contributed by atoms with Crippen molar-refractivity contribution in [2.45, 2.75) is 33.1 Å². The molecular formula is C10H21NO2. The van der Waals surface area contributed by atoms with Crippen LogP contribution in [-0.4, -0.2) is 19.6 Å². The lowest BCUT2D eigenvalue weighted by molar-refractivity contribution is -0.141. The van der Waals surface area contributed by atoms with E-state index in [2.05, 4.69) is 18.6 Å². The highest BCUT2D eigenvalue weighted by atomic mass is 16.5. The average Bonchev–Trinajstić information content (AvgIpc) is 2.11. The zero-order chi connectivity index (χ0) is 10.3. The standard InChI is InChI=1S/C10H21NO2/c1-8(2)9(6-7-11)4-5-10(12)13-3/h8-9H,4-7,11H2,1-3H3/t9-/m0/s1. The van der Waals surface area contributed by atoms with E-state index in [0.717, 1.165) is 12.8 Å². The molecule has 0 aliphatic carbocycles. The zero-order valence-electron chi connectivity index (χ0n) is 8.88. The Morgan fingerprint density at radius 2 is 2.00 bits per heavy atom. The van der Waals surface area contributed by atoms with Gasteiger partial charge in [0, 0.05) is 6.42 Å². The lowest BCUT2D eigenvalue weighted by Crippen LogP contribution is -2.16. The molecule has 0 bridgehead atoms. The normalized spacial score (nSPS) is 13.0. The second-order valence-electron chi connectivity index (χ2n) is 3.70. The molecule has 3 heteroatoms. The van der Waals surface area contributed by atoms with Gasteiger partial charge in [0.05, 0.1) is 7.11 Å². The molecule has 0 saturated heterocycles. The summed E-state index contributed by atoms with van der Waals surface area (Å²) in [7, 11) is 1.43. The number of carbonyl (C=O) groups is 1. The van der Waals surface area contributed by atoms with Gasteiger partial charge in [0.1, 0.15) is 0 Å². The maximum absolute atomic E-state index is 10.9. The predicted molar refractivity (Wildman–Crippen MR) is 53.2 cm³/mol. The highest BCUT2D eigenvalue weighted by molar-refractivity contribution is 5.69. The summed E-state index contributed by atoms with van der Waals surface area (Å²) in [4.78, 5) is 10.9. The number of esters is 1. The molecule has 0 spiro atoms. The van der Waals surface area contributed by atoms with Crippen LogP contribution in [0.5, 0.6) is 0 Å². The number of rotatable bonds is 6. The first-order valence-electron chi connectivity index (χ1n) is 4.88. The van der Waals surface area contributed by atoms with E-state index < -0.39 is 0 Å². The van der Waals surface area contributed by atoms with Gasteiger partial charge in [0.15, 0.2) is 0 Å². The Bertz CT molecular complexity index is 146. The fourth-order valence-corrected chi connectivity index (χ4v) is 1.43. The molecule has 1 atom stereocenters. The maximum Gasteiger partial charge on any atom is 0.305 e. The van der Waals surface area contributed by atoms with Crippen LogP contribution in [0, 0.1) is 11.8 Å². The highest BCUT2D eigenvalue weighted by Gasteiger charge is 2.14. The van der Waals surface area contributed by atoms with E-state index in [4.69, 9.17) is 5.73 Å². The van der Waals surface area contributed by atoms with E-state index >= 15 is 0 Å². The molecule has 0 aromatic heterocycles. The van der Waals surface area contributed by atoms with Crippen LogP contribution in [-0.2, 0) is 9.53 Å². The Labute approximate surface area is 80.6 Å². The third-order valence-electron chi connectivity index (χ3n) is 2.43. The fourth-order valence-electron chi connectivity index (χ4n) is 1.43. The van der Waals surface area contributed by atoms with Gasteiger partial charge in [-0.05, 0) is 31.2 Å². The van der Waals surface area contributed by atoms with Crippen molar-refractivity contribution in [2.75, 3.05) is 13.7 Å². The second kappa shape index (κ2) is 6.89. The molecule has 0 amide bonds. The summed E-state index contributed by atoms with van der Waals surface area (Å²) >= 11 is 0. The van der Waals surface area contributed by atoms with Crippen LogP contribution in [0.2, 0.25) is 0 Å². The Hall–Kier alpha value is -0.570. The van der Waals surface area contributed by atoms with E-state index in [1.165, 1.54) is 7.11 Å². The summed E-state index contributed by atoms with van der Waals surface area (Å²) in [6, 6.07) is 0. The van der Waals surface area contributed by atoms with Crippen LogP contribution in [0.1, 0.15) is 33.1 Å². The minimum absolute atomic E-state index is 0.123. The minimum Gasteiger partial charge on any atom is -0.469 e. The van der Waals surface area contributed by atoms with Crippen molar-refractivity contribution in [3.05, 3.63) is 0 Å². The van der Waals surface area contributed by atoms with Crippen molar-refractivity contribution >= 4 is 5.97 Å². The topological polar surface area (TPSA) is 52.3 Å². The average molecular weight is 187 g/mol. The van der Waals surface area contributed by atoms with Crippen molar-refractivity contribution in [3.63, 3.8) is 0 Å². The molecule has 0 aromatic rings. The van der Waals surface area contributed by atoms with Crippen molar-refractivity contribution in [3.8, 4) is 0 Å². The van der Waals surface area contributed by atoms with Crippen LogP contribution in [0.3, 0.4) is 0 Å². The van der Waals surface area contributed by atoms with Crippen LogP contribution in [0.25, 0.3) is 0 Å². The smallest absolute Gasteiger partial charge is 0.305 e. The SMILES string of the molecule is COC(=O)CC[C@@H](CCN)C(C)C. The fraction of sp³-hybridized carbons (Fsp3) is 0.900. The van der Waals surface area contributed by atoms with E-state index in [-0.39, 0.29) is 5.97 Å². The van der Waals surface area contributed by atoms with Crippen LogP contribution < -0.4 is 5.73 Å². The molecule has 0 aliphatic heterocycles. The number of ether oxygens (including phenoxy) is 1. The number of hydrogen-bond donors (Lipinski definition) is 1. The first-order valence-corrected chi connectivity index (χ1v) is 4.88. The van der Waals surface area contributed by atoms with Crippen LogP contribution in [0.15, 0.2) is 0 Å². The van der Waals surface area contributed by atoms with Gasteiger partial charge in [-0.2, -0.15) is 0 Å². The Morgan fingerprint density at radius 3 is 2.38 bits per heavy atom. The molecule has 0 saturated carbocycles. The zero-order valence-corrected chi connectivity index (χ0v) is 8.88. The third-order valence-corrected chi connectivity index (χ3v) is 2.43. The van der Waals surface area contributed by atoms with E-state index in [1.807, 2.05) is 0 Å². The van der Waals surface area contributed by atoms with E-state index in [1.54, 1.807) is 0 Å². The molecule has 0 aliphatic rings. The molecule has 0 rings (SSSR count). The summed E-state index contributed by atoms with van der Waals surface area (Å²) in [5.74, 6) is 1.01. The van der Waals surface area contributed by atoms with Crippen molar-refractivity contribution in [1.29, 1.82) is 0 Å². The second-order valence-corrected chi connectivity index (χ2v) is 3.70. The molecule has 0 heterocycles. The summed E-state index contributed by atoms with van der Waals surface area (Å²) in [5, 5.41) is 0. The number of hydrogen-bond acceptors (Lipinski definition) is 3. The quantitative estimate of drug-likeness (QED) is 0.642. The minimum atomic E-state index is -0.123. The van der Waals surface area contributed by atoms with Gasteiger partial charge in [-0.15, -0.1) is 0 Å². The maximum atomic E-state index is 10.9. The Kier molecular flexibility index (Phi) is 6.59. The number of carbonyl (C=O) groups excluding carboxylic acids is 1. The molecule has 0 aromatic carbocycles. The van der Waals surface area contributed by atoms with Gasteiger partial charge in [0.25, 0.3) is 0 Å². The van der Waals surface area contributed by atoms with Gasteiger partial charge < -0.3 is 10.5 Å². The molecular weight excluding hydrogens is 166 g/mol. The van der Waals surface area contributed by atoms with Gasteiger partial charge >= 0.3 is 5.97 Å². The molecule has 0 fully saturated rings. The van der Waals surface area contributed by atoms with Crippen LogP contribution >= 0.6 is 0 Å². The summed E-state index contributed by atoms with van der Waals surface area (Å²) in [5.41, 5.74) is 5.49. The third kappa shape index (κ3) is 5.64. The molecule has 2 N–H and O–H groups in total. The van der Waals surface area contributed by atoms with Crippen LogP contribution in [0.4, 0.5) is 0 Å². The van der Waals surface area contributed by atoms with Gasteiger partial charge in [-0.25, -0.2) is 0 Å². The molecule has 0 radical (unpaired) electrons. The van der Waals surface area contributed by atoms with Gasteiger partial charge in [-0.3, -0.25) is 4.79 Å². The monoisotopic (exact) mass is 187 g/mol.